The number of nitrogens with zero attached hydrogens (tertiary/aromatic N) is 1. The van der Waals surface area contributed by atoms with Crippen molar-refractivity contribution in [1.29, 1.82) is 0 Å². The molecule has 404 valence electrons. The largest absolute Gasteiger partial charge is 0.756 e. The van der Waals surface area contributed by atoms with Crippen LogP contribution in [0.25, 0.3) is 0 Å². The molecule has 0 fully saturated rings. The number of likely N-dealkylation sites (N-methyl/N-ethyl adjacent to an activating group) is 1. The number of phosphoric acid groups is 1. The number of hydrogen-bond acceptors (Lipinski definition) is 8. The van der Waals surface area contributed by atoms with E-state index in [-0.39, 0.29) is 26.1 Å². The molecule has 2 unspecified atom stereocenters. The maximum atomic E-state index is 12.8. The van der Waals surface area contributed by atoms with E-state index in [2.05, 4.69) is 98.9 Å². The Hall–Kier alpha value is -2.81. The highest BCUT2D eigenvalue weighted by Crippen LogP contribution is 2.38. The van der Waals surface area contributed by atoms with Gasteiger partial charge in [0.2, 0.25) is 0 Å². The van der Waals surface area contributed by atoms with Crippen molar-refractivity contribution >= 4 is 19.8 Å². The number of rotatable bonds is 51. The number of ether oxygens (including phenoxy) is 2. The van der Waals surface area contributed by atoms with Gasteiger partial charge in [0.15, 0.2) is 6.10 Å². The van der Waals surface area contributed by atoms with E-state index in [0.29, 0.717) is 23.9 Å². The molecule has 0 heterocycles. The number of allylic oxidation sites excluding steroid dienone is 14. The second kappa shape index (κ2) is 51.1. The zero-order chi connectivity index (χ0) is 51.3. The van der Waals surface area contributed by atoms with Crippen LogP contribution in [0.2, 0.25) is 0 Å². The first-order chi connectivity index (χ1) is 34.0. The number of carbonyl (C=O) groups is 2. The molecule has 0 amide bonds. The van der Waals surface area contributed by atoms with Gasteiger partial charge in [-0.05, 0) is 89.9 Å². The lowest BCUT2D eigenvalue weighted by molar-refractivity contribution is -0.870. The second-order valence-corrected chi connectivity index (χ2v) is 21.3. The fourth-order valence-electron chi connectivity index (χ4n) is 7.54. The van der Waals surface area contributed by atoms with Crippen LogP contribution in [0.3, 0.4) is 0 Å². The summed E-state index contributed by atoms with van der Waals surface area (Å²) < 4.78 is 34.1. The van der Waals surface area contributed by atoms with E-state index in [9.17, 15) is 19.0 Å². The average Bonchev–Trinajstić information content (AvgIpc) is 3.32. The predicted molar refractivity (Wildman–Crippen MR) is 296 cm³/mol. The zero-order valence-corrected chi connectivity index (χ0v) is 46.6. The quantitative estimate of drug-likeness (QED) is 0.0195. The molecule has 0 aromatic heterocycles. The molecule has 0 aliphatic heterocycles. The molecule has 9 nitrogen and oxygen atoms in total. The Morgan fingerprint density at radius 1 is 0.457 bits per heavy atom. The van der Waals surface area contributed by atoms with Gasteiger partial charge in [0.05, 0.1) is 27.7 Å². The van der Waals surface area contributed by atoms with Crippen molar-refractivity contribution in [2.24, 2.45) is 0 Å². The summed E-state index contributed by atoms with van der Waals surface area (Å²) in [7, 11) is 1.15. The van der Waals surface area contributed by atoms with Gasteiger partial charge in [0, 0.05) is 12.8 Å². The first-order valence-corrected chi connectivity index (χ1v) is 29.8. The summed E-state index contributed by atoms with van der Waals surface area (Å²) in [4.78, 5) is 37.8. The van der Waals surface area contributed by atoms with Crippen LogP contribution in [0.15, 0.2) is 85.1 Å². The monoisotopic (exact) mass is 1000 g/mol. The molecule has 0 saturated heterocycles. The number of carbonyl (C=O) groups excluding carboxylic acids is 2. The number of esters is 2. The number of quaternary nitrogens is 1. The van der Waals surface area contributed by atoms with Gasteiger partial charge in [-0.25, -0.2) is 0 Å². The molecule has 0 bridgehead atoms. The summed E-state index contributed by atoms with van der Waals surface area (Å²) in [5, 5.41) is 0. The van der Waals surface area contributed by atoms with Gasteiger partial charge in [0.1, 0.15) is 19.8 Å². The Bertz CT molecular complexity index is 1460. The van der Waals surface area contributed by atoms with Gasteiger partial charge in [-0.1, -0.05) is 214 Å². The van der Waals surface area contributed by atoms with Crippen LogP contribution < -0.4 is 4.89 Å². The highest BCUT2D eigenvalue weighted by Gasteiger charge is 2.21. The van der Waals surface area contributed by atoms with Crippen LogP contribution in [0.5, 0.6) is 0 Å². The summed E-state index contributed by atoms with van der Waals surface area (Å²) in [6.45, 7) is 4.08. The Morgan fingerprint density at radius 3 is 1.21 bits per heavy atom. The Balaban J connectivity index is 4.12. The van der Waals surface area contributed by atoms with Crippen molar-refractivity contribution in [3.63, 3.8) is 0 Å². The van der Waals surface area contributed by atoms with Crippen LogP contribution in [0.4, 0.5) is 0 Å². The minimum Gasteiger partial charge on any atom is -0.756 e. The molecule has 0 aliphatic rings. The first-order valence-electron chi connectivity index (χ1n) is 28.3. The summed E-state index contributed by atoms with van der Waals surface area (Å²) in [6.07, 6.45) is 67.7. The smallest absolute Gasteiger partial charge is 0.306 e. The van der Waals surface area contributed by atoms with Crippen molar-refractivity contribution < 1.29 is 42.1 Å². The molecular weight excluding hydrogens is 894 g/mol. The molecule has 0 spiro atoms. The van der Waals surface area contributed by atoms with Crippen molar-refractivity contribution in [3.8, 4) is 0 Å². The third kappa shape index (κ3) is 54.5. The van der Waals surface area contributed by atoms with Gasteiger partial charge >= 0.3 is 11.9 Å². The van der Waals surface area contributed by atoms with Crippen LogP contribution in [-0.2, 0) is 32.7 Å². The van der Waals surface area contributed by atoms with E-state index >= 15 is 0 Å². The Morgan fingerprint density at radius 2 is 0.814 bits per heavy atom. The molecular formula is C60H106NO8P. The maximum absolute atomic E-state index is 12.8. The molecule has 0 aliphatic carbocycles. The van der Waals surface area contributed by atoms with E-state index in [1.807, 2.05) is 21.1 Å². The fourth-order valence-corrected chi connectivity index (χ4v) is 8.26. The molecule has 70 heavy (non-hydrogen) atoms. The average molecular weight is 1000 g/mol. The van der Waals surface area contributed by atoms with E-state index in [0.717, 1.165) is 89.9 Å². The summed E-state index contributed by atoms with van der Waals surface area (Å²) in [5.74, 6) is -0.849. The van der Waals surface area contributed by atoms with Gasteiger partial charge in [-0.15, -0.1) is 0 Å². The summed E-state index contributed by atoms with van der Waals surface area (Å²) in [6, 6.07) is 0. The van der Waals surface area contributed by atoms with Gasteiger partial charge in [0.25, 0.3) is 7.82 Å². The van der Waals surface area contributed by atoms with Crippen molar-refractivity contribution in [2.45, 2.75) is 238 Å². The lowest BCUT2D eigenvalue weighted by Gasteiger charge is -2.28. The van der Waals surface area contributed by atoms with Crippen molar-refractivity contribution in [1.82, 2.24) is 0 Å². The maximum Gasteiger partial charge on any atom is 0.306 e. The molecule has 0 aromatic carbocycles. The zero-order valence-electron chi connectivity index (χ0n) is 45.7. The molecule has 0 radical (unpaired) electrons. The van der Waals surface area contributed by atoms with Crippen LogP contribution in [-0.4, -0.2) is 70.0 Å². The second-order valence-electron chi connectivity index (χ2n) is 19.9. The van der Waals surface area contributed by atoms with Crippen molar-refractivity contribution in [3.05, 3.63) is 85.1 Å². The fraction of sp³-hybridized carbons (Fsp3) is 0.733. The molecule has 0 rings (SSSR count). The van der Waals surface area contributed by atoms with Crippen molar-refractivity contribution in [2.75, 3.05) is 47.5 Å². The summed E-state index contributed by atoms with van der Waals surface area (Å²) in [5.41, 5.74) is 0. The van der Waals surface area contributed by atoms with E-state index in [1.54, 1.807) is 0 Å². The van der Waals surface area contributed by atoms with Gasteiger partial charge in [-0.2, -0.15) is 0 Å². The summed E-state index contributed by atoms with van der Waals surface area (Å²) >= 11 is 0. The SMILES string of the molecule is CC/C=C\C/C=C\C/C=C\C/C=C\C/C=C\CCCCCCCCCCCCCCCCCC(=O)OC(COC(=O)CCCCCCC/C=C\C/C=C\CCCCC)COP(=O)([O-])OCC[N+](C)(C)C. The highest BCUT2D eigenvalue weighted by atomic mass is 31.2. The molecule has 0 aromatic rings. The number of phosphoric ester groups is 1. The van der Waals surface area contributed by atoms with Gasteiger partial charge in [-0.3, -0.25) is 14.2 Å². The van der Waals surface area contributed by atoms with E-state index in [4.69, 9.17) is 18.5 Å². The van der Waals surface area contributed by atoms with Crippen LogP contribution in [0.1, 0.15) is 232 Å². The topological polar surface area (TPSA) is 111 Å². The number of unbranched alkanes of at least 4 members (excludes halogenated alkanes) is 23. The van der Waals surface area contributed by atoms with Crippen LogP contribution in [0, 0.1) is 0 Å². The Kier molecular flexibility index (Phi) is 49.1. The minimum absolute atomic E-state index is 0.0358. The molecule has 0 saturated carbocycles. The van der Waals surface area contributed by atoms with Crippen LogP contribution >= 0.6 is 7.82 Å². The third-order valence-electron chi connectivity index (χ3n) is 11.9. The molecule has 10 heteroatoms. The molecule has 2 atom stereocenters. The lowest BCUT2D eigenvalue weighted by atomic mass is 10.0. The normalized spacial score (nSPS) is 14.0. The highest BCUT2D eigenvalue weighted by molar-refractivity contribution is 7.45. The molecule has 0 N–H and O–H groups in total. The van der Waals surface area contributed by atoms with E-state index in [1.165, 1.54) is 103 Å². The van der Waals surface area contributed by atoms with E-state index < -0.39 is 32.5 Å². The third-order valence-corrected chi connectivity index (χ3v) is 12.9. The van der Waals surface area contributed by atoms with Gasteiger partial charge < -0.3 is 27.9 Å². The number of hydrogen-bond donors (Lipinski definition) is 0. The Labute approximate surface area is 431 Å². The minimum atomic E-state index is -4.64. The standard InChI is InChI=1S/C60H106NO8P/c1-6-8-10-12-14-16-18-20-22-23-24-25-26-27-28-29-30-31-32-33-34-35-36-37-39-41-43-45-47-49-51-53-60(63)69-58(57-68-70(64,65)67-55-54-61(3,4)5)56-66-59(62)52-50-48-46-44-42-40-38-21-19-17-15-13-11-9-7-2/h8,10,14-17,20-22,24-25,27-28,38,58H,6-7,9,11-13,18-19,23,26,29-37,39-57H2,1-5H3/b10-8-,16-14-,17-15-,22-20-,25-24-,28-27-,38-21-. The predicted octanol–water partition coefficient (Wildman–Crippen LogP) is 16.8. The first kappa shape index (κ1) is 67.2. The lowest BCUT2D eigenvalue weighted by Crippen LogP contribution is -2.37.